The maximum Gasteiger partial charge on any atom is 0.417 e. The van der Waals surface area contributed by atoms with E-state index in [2.05, 4.69) is 4.90 Å². The van der Waals surface area contributed by atoms with Crippen LogP contribution < -0.4 is 0 Å². The molecule has 2 heterocycles. The fourth-order valence-electron chi connectivity index (χ4n) is 3.93. The lowest BCUT2D eigenvalue weighted by Crippen LogP contribution is -2.45. The second kappa shape index (κ2) is 8.61. The lowest BCUT2D eigenvalue weighted by atomic mass is 9.96. The monoisotopic (exact) mass is 433 g/mol. The highest BCUT2D eigenvalue weighted by Gasteiger charge is 2.40. The molecule has 0 aromatic heterocycles. The van der Waals surface area contributed by atoms with Crippen LogP contribution in [0.5, 0.6) is 0 Å². The summed E-state index contributed by atoms with van der Waals surface area (Å²) in [4.78, 5) is 16.1. The highest BCUT2D eigenvalue weighted by atomic mass is 32.2. The molecular weight excluding hydrogens is 407 g/mol. The Labute approximate surface area is 169 Å². The fourth-order valence-corrected chi connectivity index (χ4v) is 5.61. The van der Waals surface area contributed by atoms with Crippen LogP contribution in [0.25, 0.3) is 0 Å². The Bertz CT molecular complexity index is 837. The van der Waals surface area contributed by atoms with Crippen molar-refractivity contribution in [3.63, 3.8) is 0 Å². The highest BCUT2D eigenvalue weighted by Crippen LogP contribution is 2.36. The number of likely N-dealkylation sites (N-methyl/N-ethyl adjacent to an activating group) is 1. The van der Waals surface area contributed by atoms with Gasteiger partial charge in [0, 0.05) is 38.6 Å². The summed E-state index contributed by atoms with van der Waals surface area (Å²) in [7, 11) is -2.27. The van der Waals surface area contributed by atoms with E-state index in [1.807, 2.05) is 11.9 Å². The number of rotatable bonds is 3. The summed E-state index contributed by atoms with van der Waals surface area (Å²) in [5.41, 5.74) is -1.16. The molecule has 0 saturated carbocycles. The molecule has 0 unspecified atom stereocenters. The summed E-state index contributed by atoms with van der Waals surface area (Å²) in [6, 6.07) is 4.22. The van der Waals surface area contributed by atoms with Gasteiger partial charge in [0.1, 0.15) is 0 Å². The lowest BCUT2D eigenvalue weighted by molar-refractivity contribution is -0.140. The third kappa shape index (κ3) is 4.92. The summed E-state index contributed by atoms with van der Waals surface area (Å²) in [5, 5.41) is 0. The van der Waals surface area contributed by atoms with Crippen LogP contribution in [0.1, 0.15) is 24.8 Å². The molecule has 6 nitrogen and oxygen atoms in total. The van der Waals surface area contributed by atoms with Gasteiger partial charge in [-0.25, -0.2) is 8.42 Å². The van der Waals surface area contributed by atoms with E-state index in [0.717, 1.165) is 35.9 Å². The molecule has 2 fully saturated rings. The van der Waals surface area contributed by atoms with Crippen molar-refractivity contribution in [2.75, 3.05) is 46.3 Å². The van der Waals surface area contributed by atoms with Crippen molar-refractivity contribution in [1.82, 2.24) is 14.1 Å². The smallest absolute Gasteiger partial charge is 0.341 e. The second-order valence-corrected chi connectivity index (χ2v) is 9.56. The van der Waals surface area contributed by atoms with Crippen molar-refractivity contribution < 1.29 is 26.4 Å². The Hall–Kier alpha value is -1.65. The van der Waals surface area contributed by atoms with Gasteiger partial charge in [-0.2, -0.15) is 17.5 Å². The number of amides is 1. The molecule has 2 saturated heterocycles. The first-order valence-corrected chi connectivity index (χ1v) is 11.2. The summed E-state index contributed by atoms with van der Waals surface area (Å²) in [5.74, 6) is -0.268. The molecule has 1 aromatic carbocycles. The van der Waals surface area contributed by atoms with Crippen LogP contribution in [0.3, 0.4) is 0 Å². The van der Waals surface area contributed by atoms with Crippen molar-refractivity contribution in [1.29, 1.82) is 0 Å². The number of alkyl halides is 3. The zero-order valence-corrected chi connectivity index (χ0v) is 17.2. The Balaban J connectivity index is 1.68. The van der Waals surface area contributed by atoms with Crippen LogP contribution in [0, 0.1) is 5.92 Å². The number of piperidine rings is 1. The van der Waals surface area contributed by atoms with Gasteiger partial charge in [-0.15, -0.1) is 0 Å². The molecule has 1 aromatic rings. The number of halogens is 3. The van der Waals surface area contributed by atoms with E-state index >= 15 is 0 Å². The molecule has 0 radical (unpaired) electrons. The topological polar surface area (TPSA) is 60.9 Å². The van der Waals surface area contributed by atoms with Gasteiger partial charge in [0.05, 0.1) is 10.5 Å². The molecule has 0 aliphatic carbocycles. The predicted molar refractivity (Wildman–Crippen MR) is 102 cm³/mol. The average molecular weight is 433 g/mol. The number of sulfonamides is 1. The van der Waals surface area contributed by atoms with E-state index in [4.69, 9.17) is 0 Å². The van der Waals surface area contributed by atoms with Crippen molar-refractivity contribution in [2.24, 2.45) is 5.92 Å². The third-order valence-electron chi connectivity index (χ3n) is 5.64. The summed E-state index contributed by atoms with van der Waals surface area (Å²) < 4.78 is 66.5. The zero-order chi connectivity index (χ0) is 21.2. The first kappa shape index (κ1) is 22.0. The number of nitrogens with zero attached hydrogens (tertiary/aromatic N) is 3. The number of carbonyl (C=O) groups is 1. The Morgan fingerprint density at radius 1 is 1.00 bits per heavy atom. The predicted octanol–water partition coefficient (Wildman–Crippen LogP) is 2.27. The Morgan fingerprint density at radius 2 is 1.66 bits per heavy atom. The molecule has 0 spiro atoms. The van der Waals surface area contributed by atoms with Crippen LogP contribution in [-0.4, -0.2) is 74.7 Å². The van der Waals surface area contributed by atoms with Crippen LogP contribution in [0.15, 0.2) is 29.2 Å². The molecule has 29 heavy (non-hydrogen) atoms. The van der Waals surface area contributed by atoms with E-state index in [1.54, 1.807) is 0 Å². The molecule has 162 valence electrons. The average Bonchev–Trinajstić information content (AvgIpc) is 2.91. The molecule has 3 rings (SSSR count). The minimum Gasteiger partial charge on any atom is -0.341 e. The van der Waals surface area contributed by atoms with Crippen LogP contribution in [-0.2, 0) is 21.0 Å². The van der Waals surface area contributed by atoms with E-state index < -0.39 is 26.7 Å². The zero-order valence-electron chi connectivity index (χ0n) is 16.4. The molecule has 0 atom stereocenters. The first-order chi connectivity index (χ1) is 13.6. The maximum atomic E-state index is 13.2. The molecule has 0 N–H and O–H groups in total. The fraction of sp³-hybridized carbons (Fsp3) is 0.632. The van der Waals surface area contributed by atoms with E-state index in [-0.39, 0.29) is 24.9 Å². The maximum absolute atomic E-state index is 13.2. The summed E-state index contributed by atoms with van der Waals surface area (Å²) in [6.07, 6.45) is -3.22. The van der Waals surface area contributed by atoms with Crippen molar-refractivity contribution in [3.8, 4) is 0 Å². The highest BCUT2D eigenvalue weighted by molar-refractivity contribution is 7.89. The van der Waals surface area contributed by atoms with E-state index in [0.29, 0.717) is 25.9 Å². The van der Waals surface area contributed by atoms with Gasteiger partial charge in [-0.05, 0) is 45.0 Å². The molecular formula is C19H26F3N3O3S. The van der Waals surface area contributed by atoms with Gasteiger partial charge < -0.3 is 9.80 Å². The normalized spacial score (nSPS) is 21.2. The molecule has 10 heteroatoms. The van der Waals surface area contributed by atoms with Gasteiger partial charge in [0.25, 0.3) is 0 Å². The SMILES string of the molecule is CN1CCCN(C(=O)C2CCN(S(=O)(=O)c3ccccc3C(F)(F)F)CC2)CC1. The molecule has 2 aliphatic rings. The third-order valence-corrected chi connectivity index (χ3v) is 7.60. The van der Waals surface area contributed by atoms with Gasteiger partial charge in [0.15, 0.2) is 0 Å². The minimum atomic E-state index is -4.75. The molecule has 1 amide bonds. The number of hydrogen-bond donors (Lipinski definition) is 0. The van der Waals surface area contributed by atoms with Gasteiger partial charge in [0.2, 0.25) is 15.9 Å². The van der Waals surface area contributed by atoms with Crippen LogP contribution >= 0.6 is 0 Å². The van der Waals surface area contributed by atoms with Crippen LogP contribution in [0.4, 0.5) is 13.2 Å². The van der Waals surface area contributed by atoms with Crippen molar-refractivity contribution in [3.05, 3.63) is 29.8 Å². The standard InChI is InChI=1S/C19H26F3N3O3S/c1-23-9-4-10-24(14-13-23)18(26)15-7-11-25(12-8-15)29(27,28)17-6-3-2-5-16(17)19(20,21)22/h2-3,5-6,15H,4,7-14H2,1H3. The van der Waals surface area contributed by atoms with Crippen LogP contribution in [0.2, 0.25) is 0 Å². The second-order valence-electron chi connectivity index (χ2n) is 7.65. The van der Waals surface area contributed by atoms with Gasteiger partial charge in [-0.3, -0.25) is 4.79 Å². The largest absolute Gasteiger partial charge is 0.417 e. The lowest BCUT2D eigenvalue weighted by Gasteiger charge is -2.33. The molecule has 0 bridgehead atoms. The number of hydrogen-bond acceptors (Lipinski definition) is 4. The minimum absolute atomic E-state index is 0.0213. The summed E-state index contributed by atoms with van der Waals surface area (Å²) in [6.45, 7) is 3.14. The van der Waals surface area contributed by atoms with Crippen molar-refractivity contribution in [2.45, 2.75) is 30.3 Å². The summed E-state index contributed by atoms with van der Waals surface area (Å²) >= 11 is 0. The molecule has 2 aliphatic heterocycles. The quantitative estimate of drug-likeness (QED) is 0.734. The number of carbonyl (C=O) groups excluding carboxylic acids is 1. The number of benzene rings is 1. The Morgan fingerprint density at radius 3 is 2.31 bits per heavy atom. The van der Waals surface area contributed by atoms with E-state index in [9.17, 15) is 26.4 Å². The van der Waals surface area contributed by atoms with Crippen molar-refractivity contribution >= 4 is 15.9 Å². The van der Waals surface area contributed by atoms with E-state index in [1.165, 1.54) is 12.1 Å². The van der Waals surface area contributed by atoms with Gasteiger partial charge >= 0.3 is 6.18 Å². The first-order valence-electron chi connectivity index (χ1n) is 9.74. The Kier molecular flexibility index (Phi) is 6.54. The van der Waals surface area contributed by atoms with Gasteiger partial charge in [-0.1, -0.05) is 12.1 Å².